The molecule has 7 nitrogen and oxygen atoms in total. The quantitative estimate of drug-likeness (QED) is 0.722. The Kier molecular flexibility index (Phi) is 7.17. The number of nitrogens with zero attached hydrogens (tertiary/aromatic N) is 3. The fourth-order valence-corrected chi connectivity index (χ4v) is 4.21. The van der Waals surface area contributed by atoms with E-state index in [1.807, 2.05) is 59.5 Å². The minimum Gasteiger partial charge on any atom is -0.351 e. The minimum atomic E-state index is 0.00482. The average molecular weight is 435 g/mol. The SMILES string of the molecule is O=C(CN1CCN(C(=O)Cc2ccc(N3CCCC3=O)cc2)CC1)NCc1ccccc1. The lowest BCUT2D eigenvalue weighted by atomic mass is 10.1. The van der Waals surface area contributed by atoms with Gasteiger partial charge in [-0.05, 0) is 29.7 Å². The van der Waals surface area contributed by atoms with Crippen LogP contribution in [0.1, 0.15) is 24.0 Å². The summed E-state index contributed by atoms with van der Waals surface area (Å²) >= 11 is 0. The fraction of sp³-hybridized carbons (Fsp3) is 0.400. The first-order chi connectivity index (χ1) is 15.6. The summed E-state index contributed by atoms with van der Waals surface area (Å²) in [6.07, 6.45) is 1.87. The third-order valence-corrected chi connectivity index (χ3v) is 6.10. The molecule has 0 unspecified atom stereocenters. The third-order valence-electron chi connectivity index (χ3n) is 6.10. The predicted molar refractivity (Wildman–Crippen MR) is 123 cm³/mol. The Bertz CT molecular complexity index is 937. The van der Waals surface area contributed by atoms with E-state index in [-0.39, 0.29) is 17.7 Å². The number of amides is 3. The van der Waals surface area contributed by atoms with Crippen LogP contribution in [0.4, 0.5) is 5.69 Å². The van der Waals surface area contributed by atoms with Crippen molar-refractivity contribution < 1.29 is 14.4 Å². The van der Waals surface area contributed by atoms with E-state index in [4.69, 9.17) is 0 Å². The molecule has 0 bridgehead atoms. The molecule has 2 fully saturated rings. The van der Waals surface area contributed by atoms with Crippen LogP contribution in [0, 0.1) is 0 Å². The smallest absolute Gasteiger partial charge is 0.234 e. The van der Waals surface area contributed by atoms with Crippen LogP contribution in [-0.4, -0.2) is 66.8 Å². The number of carbonyl (C=O) groups excluding carboxylic acids is 3. The molecule has 0 saturated carbocycles. The first-order valence-corrected chi connectivity index (χ1v) is 11.3. The average Bonchev–Trinajstić information content (AvgIpc) is 3.25. The van der Waals surface area contributed by atoms with Crippen LogP contribution in [0.3, 0.4) is 0 Å². The normalized spacial score (nSPS) is 16.9. The van der Waals surface area contributed by atoms with Crippen LogP contribution in [0.5, 0.6) is 0 Å². The number of benzene rings is 2. The van der Waals surface area contributed by atoms with E-state index >= 15 is 0 Å². The van der Waals surface area contributed by atoms with Gasteiger partial charge in [0.05, 0.1) is 13.0 Å². The number of hydrogen-bond acceptors (Lipinski definition) is 4. The summed E-state index contributed by atoms with van der Waals surface area (Å²) in [5.41, 5.74) is 2.94. The van der Waals surface area contributed by atoms with Gasteiger partial charge in [0.15, 0.2) is 0 Å². The van der Waals surface area contributed by atoms with E-state index in [0.717, 1.165) is 29.8 Å². The molecule has 4 rings (SSSR count). The summed E-state index contributed by atoms with van der Waals surface area (Å²) < 4.78 is 0. The molecule has 2 aliphatic heterocycles. The van der Waals surface area contributed by atoms with Crippen molar-refractivity contribution >= 4 is 23.4 Å². The molecule has 7 heteroatoms. The Balaban J connectivity index is 1.19. The molecule has 0 spiro atoms. The molecule has 2 saturated heterocycles. The first kappa shape index (κ1) is 22.0. The minimum absolute atomic E-state index is 0.00482. The van der Waals surface area contributed by atoms with Crippen molar-refractivity contribution in [3.63, 3.8) is 0 Å². The summed E-state index contributed by atoms with van der Waals surface area (Å²) in [6, 6.07) is 17.6. The van der Waals surface area contributed by atoms with Gasteiger partial charge >= 0.3 is 0 Å². The molecule has 0 radical (unpaired) electrons. The largest absolute Gasteiger partial charge is 0.351 e. The summed E-state index contributed by atoms with van der Waals surface area (Å²) in [7, 11) is 0. The highest BCUT2D eigenvalue weighted by Crippen LogP contribution is 2.22. The number of piperazine rings is 1. The summed E-state index contributed by atoms with van der Waals surface area (Å²) in [6.45, 7) is 4.30. The molecular formula is C25H30N4O3. The first-order valence-electron chi connectivity index (χ1n) is 11.3. The Labute approximate surface area is 189 Å². The highest BCUT2D eigenvalue weighted by Gasteiger charge is 2.23. The van der Waals surface area contributed by atoms with Crippen molar-refractivity contribution in [3.8, 4) is 0 Å². The fourth-order valence-electron chi connectivity index (χ4n) is 4.21. The van der Waals surface area contributed by atoms with Gasteiger partial charge in [-0.25, -0.2) is 0 Å². The standard InChI is InChI=1S/C25H30N4O3/c30-23(26-18-21-5-2-1-3-6-21)19-27-13-15-28(16-14-27)25(32)17-20-8-10-22(11-9-20)29-12-4-7-24(29)31/h1-3,5-6,8-11H,4,7,12-19H2,(H,26,30). The molecule has 0 aromatic heterocycles. The summed E-state index contributed by atoms with van der Waals surface area (Å²) in [4.78, 5) is 42.6. The topological polar surface area (TPSA) is 73.0 Å². The number of nitrogens with one attached hydrogen (secondary N) is 1. The lowest BCUT2D eigenvalue weighted by Gasteiger charge is -2.34. The lowest BCUT2D eigenvalue weighted by Crippen LogP contribution is -2.51. The van der Waals surface area contributed by atoms with Gasteiger partial charge in [0, 0.05) is 51.4 Å². The van der Waals surface area contributed by atoms with Gasteiger partial charge in [-0.1, -0.05) is 42.5 Å². The Morgan fingerprint density at radius 3 is 2.22 bits per heavy atom. The van der Waals surface area contributed by atoms with Crippen molar-refractivity contribution in [3.05, 3.63) is 65.7 Å². The molecule has 1 N–H and O–H groups in total. The second-order valence-electron chi connectivity index (χ2n) is 8.41. The maximum atomic E-state index is 12.7. The Morgan fingerprint density at radius 2 is 1.56 bits per heavy atom. The van der Waals surface area contributed by atoms with E-state index in [1.54, 1.807) is 4.90 Å². The van der Waals surface area contributed by atoms with E-state index < -0.39 is 0 Å². The number of rotatable bonds is 7. The van der Waals surface area contributed by atoms with Crippen molar-refractivity contribution in [1.29, 1.82) is 0 Å². The monoisotopic (exact) mass is 434 g/mol. The molecule has 2 aromatic carbocycles. The predicted octanol–water partition coefficient (Wildman–Crippen LogP) is 1.82. The van der Waals surface area contributed by atoms with Crippen LogP contribution >= 0.6 is 0 Å². The van der Waals surface area contributed by atoms with Crippen LogP contribution in [0.25, 0.3) is 0 Å². The van der Waals surface area contributed by atoms with E-state index in [9.17, 15) is 14.4 Å². The van der Waals surface area contributed by atoms with Crippen LogP contribution in [-0.2, 0) is 27.3 Å². The zero-order chi connectivity index (χ0) is 22.3. The van der Waals surface area contributed by atoms with Crippen molar-refractivity contribution in [2.45, 2.75) is 25.8 Å². The maximum absolute atomic E-state index is 12.7. The Morgan fingerprint density at radius 1 is 0.844 bits per heavy atom. The van der Waals surface area contributed by atoms with Crippen molar-refractivity contribution in [1.82, 2.24) is 15.1 Å². The van der Waals surface area contributed by atoms with Crippen molar-refractivity contribution in [2.24, 2.45) is 0 Å². The van der Waals surface area contributed by atoms with E-state index in [0.29, 0.717) is 52.1 Å². The van der Waals surface area contributed by atoms with Gasteiger partial charge in [-0.3, -0.25) is 19.3 Å². The number of hydrogen-bond donors (Lipinski definition) is 1. The second-order valence-corrected chi connectivity index (χ2v) is 8.41. The molecule has 32 heavy (non-hydrogen) atoms. The highest BCUT2D eigenvalue weighted by atomic mass is 16.2. The molecule has 2 aliphatic rings. The van der Waals surface area contributed by atoms with Crippen LogP contribution < -0.4 is 10.2 Å². The van der Waals surface area contributed by atoms with Gasteiger partial charge in [-0.15, -0.1) is 0 Å². The molecule has 3 amide bonds. The van der Waals surface area contributed by atoms with Gasteiger partial charge < -0.3 is 15.1 Å². The van der Waals surface area contributed by atoms with Crippen LogP contribution in [0.15, 0.2) is 54.6 Å². The van der Waals surface area contributed by atoms with Gasteiger partial charge in [0.25, 0.3) is 0 Å². The molecule has 0 atom stereocenters. The molecule has 168 valence electrons. The van der Waals surface area contributed by atoms with Gasteiger partial charge in [0.2, 0.25) is 17.7 Å². The molecule has 2 aromatic rings. The molecule has 0 aliphatic carbocycles. The second kappa shape index (κ2) is 10.4. The van der Waals surface area contributed by atoms with Gasteiger partial charge in [-0.2, -0.15) is 0 Å². The molecule has 2 heterocycles. The van der Waals surface area contributed by atoms with Gasteiger partial charge in [0.1, 0.15) is 0 Å². The van der Waals surface area contributed by atoms with Crippen molar-refractivity contribution in [2.75, 3.05) is 44.2 Å². The molecular weight excluding hydrogens is 404 g/mol. The summed E-state index contributed by atoms with van der Waals surface area (Å²) in [5, 5.41) is 2.95. The van der Waals surface area contributed by atoms with E-state index in [1.165, 1.54) is 0 Å². The van der Waals surface area contributed by atoms with E-state index in [2.05, 4.69) is 10.2 Å². The third kappa shape index (κ3) is 5.73. The number of carbonyl (C=O) groups is 3. The highest BCUT2D eigenvalue weighted by molar-refractivity contribution is 5.95. The number of anilines is 1. The summed E-state index contributed by atoms with van der Waals surface area (Å²) in [5.74, 6) is 0.272. The van der Waals surface area contributed by atoms with Crippen LogP contribution in [0.2, 0.25) is 0 Å². The lowest BCUT2D eigenvalue weighted by molar-refractivity contribution is -0.132. The zero-order valence-corrected chi connectivity index (χ0v) is 18.3. The Hall–Kier alpha value is -3.19. The maximum Gasteiger partial charge on any atom is 0.234 e. The zero-order valence-electron chi connectivity index (χ0n) is 18.3.